The van der Waals surface area contributed by atoms with Gasteiger partial charge in [0.25, 0.3) is 11.8 Å². The van der Waals surface area contributed by atoms with Crippen molar-refractivity contribution in [1.29, 1.82) is 0 Å². The van der Waals surface area contributed by atoms with E-state index in [1.165, 1.54) is 4.88 Å². The Balaban J connectivity index is 1.68. The zero-order valence-corrected chi connectivity index (χ0v) is 20.9. The number of amides is 2. The zero-order chi connectivity index (χ0) is 23.8. The van der Waals surface area contributed by atoms with Crippen LogP contribution in [0.2, 0.25) is 0 Å². The van der Waals surface area contributed by atoms with Gasteiger partial charge in [-0.15, -0.1) is 11.3 Å². The summed E-state index contributed by atoms with van der Waals surface area (Å²) >= 11 is 1.56. The van der Waals surface area contributed by atoms with Crippen LogP contribution >= 0.6 is 11.3 Å². The van der Waals surface area contributed by atoms with Gasteiger partial charge in [0.2, 0.25) is 0 Å². The molecule has 5 heteroatoms. The maximum atomic E-state index is 13.4. The molecule has 4 rings (SSSR count). The Morgan fingerprint density at radius 3 is 2.33 bits per heavy atom. The molecule has 4 nitrogen and oxygen atoms in total. The average molecular weight is 461 g/mol. The van der Waals surface area contributed by atoms with Crippen molar-refractivity contribution < 1.29 is 9.59 Å². The van der Waals surface area contributed by atoms with Gasteiger partial charge in [0.1, 0.15) is 5.00 Å². The minimum Gasteiger partial charge on any atom is -0.322 e. The van der Waals surface area contributed by atoms with Gasteiger partial charge in [-0.25, -0.2) is 0 Å². The average Bonchev–Trinajstić information content (AvgIpc) is 3.11. The first-order chi connectivity index (χ1) is 15.6. The predicted octanol–water partition coefficient (Wildman–Crippen LogP) is 7.02. The van der Waals surface area contributed by atoms with Crippen molar-refractivity contribution in [1.82, 2.24) is 0 Å². The normalized spacial score (nSPS) is 15.6. The fourth-order valence-electron chi connectivity index (χ4n) is 4.45. The summed E-state index contributed by atoms with van der Waals surface area (Å²) in [6, 6.07) is 15.3. The van der Waals surface area contributed by atoms with Crippen LogP contribution in [-0.2, 0) is 12.8 Å². The predicted molar refractivity (Wildman–Crippen MR) is 138 cm³/mol. The molecule has 0 aliphatic heterocycles. The van der Waals surface area contributed by atoms with Crippen molar-refractivity contribution in [3.05, 3.63) is 81.2 Å². The van der Waals surface area contributed by atoms with E-state index in [2.05, 4.69) is 31.4 Å². The molecule has 0 saturated carbocycles. The van der Waals surface area contributed by atoms with Crippen LogP contribution in [0.1, 0.15) is 69.5 Å². The molecular formula is C28H32N2O2S. The third-order valence-electron chi connectivity index (χ3n) is 6.53. The van der Waals surface area contributed by atoms with Gasteiger partial charge < -0.3 is 10.6 Å². The molecular weight excluding hydrogens is 428 g/mol. The lowest BCUT2D eigenvalue weighted by Gasteiger charge is -2.33. The summed E-state index contributed by atoms with van der Waals surface area (Å²) in [7, 11) is 0. The summed E-state index contributed by atoms with van der Waals surface area (Å²) in [6.07, 6.45) is 2.84. The van der Waals surface area contributed by atoms with Crippen molar-refractivity contribution in [2.45, 2.75) is 53.9 Å². The summed E-state index contributed by atoms with van der Waals surface area (Å²) in [5.74, 6) is 0.205. The van der Waals surface area contributed by atoms with Crippen LogP contribution in [0.15, 0.2) is 48.5 Å². The fraction of sp³-hybridized carbons (Fsp3) is 0.357. The molecule has 2 amide bonds. The molecule has 0 bridgehead atoms. The smallest absolute Gasteiger partial charge is 0.258 e. The van der Waals surface area contributed by atoms with E-state index in [9.17, 15) is 9.59 Å². The van der Waals surface area contributed by atoms with Crippen molar-refractivity contribution >= 4 is 33.8 Å². The molecule has 0 saturated heterocycles. The second kappa shape index (κ2) is 9.14. The van der Waals surface area contributed by atoms with Gasteiger partial charge in [-0.05, 0) is 74.3 Å². The summed E-state index contributed by atoms with van der Waals surface area (Å²) in [5, 5.41) is 6.75. The lowest BCUT2D eigenvalue weighted by atomic mass is 9.72. The van der Waals surface area contributed by atoms with E-state index in [0.717, 1.165) is 41.6 Å². The summed E-state index contributed by atoms with van der Waals surface area (Å²) in [6.45, 7) is 10.8. The van der Waals surface area contributed by atoms with Gasteiger partial charge in [-0.2, -0.15) is 0 Å². The maximum Gasteiger partial charge on any atom is 0.258 e. The van der Waals surface area contributed by atoms with E-state index in [0.29, 0.717) is 22.0 Å². The van der Waals surface area contributed by atoms with E-state index < -0.39 is 0 Å². The summed E-state index contributed by atoms with van der Waals surface area (Å²) in [4.78, 5) is 27.7. The Morgan fingerprint density at radius 2 is 1.67 bits per heavy atom. The largest absolute Gasteiger partial charge is 0.322 e. The van der Waals surface area contributed by atoms with Crippen molar-refractivity contribution in [2.75, 3.05) is 10.6 Å². The van der Waals surface area contributed by atoms with Gasteiger partial charge in [-0.1, -0.05) is 56.2 Å². The topological polar surface area (TPSA) is 58.2 Å². The van der Waals surface area contributed by atoms with Crippen LogP contribution in [0, 0.1) is 25.2 Å². The maximum absolute atomic E-state index is 13.4. The van der Waals surface area contributed by atoms with Crippen molar-refractivity contribution in [3.8, 4) is 0 Å². The lowest BCUT2D eigenvalue weighted by Crippen LogP contribution is -2.27. The van der Waals surface area contributed by atoms with E-state index in [4.69, 9.17) is 0 Å². The molecule has 0 spiro atoms. The summed E-state index contributed by atoms with van der Waals surface area (Å²) < 4.78 is 0. The molecule has 0 fully saturated rings. The van der Waals surface area contributed by atoms with Gasteiger partial charge in [0.05, 0.1) is 5.56 Å². The molecule has 3 aromatic rings. The standard InChI is InChI=1S/C28H32N2O2S/c1-17-9-12-21(13-10-17)29-26(32)24-22-14-11-20(28(3,4)5)16-23(22)33-27(24)30-25(31)19-8-6-7-18(2)15-19/h6-10,12-13,15,20H,11,14,16H2,1-5H3,(H,29,32)(H,30,31). The SMILES string of the molecule is Cc1ccc(NC(=O)c2c(NC(=O)c3cccc(C)c3)sc3c2CCC(C(C)(C)C)C3)cc1. The Labute approximate surface area is 200 Å². The molecule has 172 valence electrons. The third kappa shape index (κ3) is 5.19. The number of carbonyl (C=O) groups excluding carboxylic acids is 2. The number of thiophene rings is 1. The lowest BCUT2D eigenvalue weighted by molar-refractivity contribution is 0.102. The highest BCUT2D eigenvalue weighted by Crippen LogP contribution is 2.44. The monoisotopic (exact) mass is 460 g/mol. The first-order valence-corrected chi connectivity index (χ1v) is 12.3. The fourth-order valence-corrected chi connectivity index (χ4v) is 5.77. The Morgan fingerprint density at radius 1 is 0.939 bits per heavy atom. The van der Waals surface area contributed by atoms with Crippen LogP contribution in [0.25, 0.3) is 0 Å². The molecule has 1 atom stereocenters. The molecule has 2 aromatic carbocycles. The van der Waals surface area contributed by atoms with Crippen LogP contribution in [0.4, 0.5) is 10.7 Å². The minimum atomic E-state index is -0.186. The zero-order valence-electron chi connectivity index (χ0n) is 20.0. The molecule has 1 aromatic heterocycles. The van der Waals surface area contributed by atoms with Gasteiger partial charge in [0, 0.05) is 16.1 Å². The molecule has 1 aliphatic carbocycles. The third-order valence-corrected chi connectivity index (χ3v) is 7.70. The Hall–Kier alpha value is -2.92. The first-order valence-electron chi connectivity index (χ1n) is 11.5. The number of nitrogens with one attached hydrogen (secondary N) is 2. The molecule has 0 radical (unpaired) electrons. The number of rotatable bonds is 4. The highest BCUT2D eigenvalue weighted by Gasteiger charge is 2.34. The number of hydrogen-bond acceptors (Lipinski definition) is 3. The highest BCUT2D eigenvalue weighted by atomic mass is 32.1. The highest BCUT2D eigenvalue weighted by molar-refractivity contribution is 7.17. The number of hydrogen-bond donors (Lipinski definition) is 2. The van der Waals surface area contributed by atoms with E-state index in [-0.39, 0.29) is 17.2 Å². The van der Waals surface area contributed by atoms with Gasteiger partial charge >= 0.3 is 0 Å². The van der Waals surface area contributed by atoms with Crippen molar-refractivity contribution in [2.24, 2.45) is 11.3 Å². The number of carbonyl (C=O) groups is 2. The second-order valence-electron chi connectivity index (χ2n) is 10.2. The van der Waals surface area contributed by atoms with Crippen LogP contribution in [0.5, 0.6) is 0 Å². The van der Waals surface area contributed by atoms with Crippen molar-refractivity contribution in [3.63, 3.8) is 0 Å². The first kappa shape index (κ1) is 23.2. The molecule has 1 aliphatic rings. The number of benzene rings is 2. The minimum absolute atomic E-state index is 0.162. The van der Waals surface area contributed by atoms with Gasteiger partial charge in [0.15, 0.2) is 0 Å². The Kier molecular flexibility index (Phi) is 6.44. The second-order valence-corrected chi connectivity index (χ2v) is 11.3. The van der Waals surface area contributed by atoms with E-state index >= 15 is 0 Å². The molecule has 1 heterocycles. The number of fused-ring (bicyclic) bond motifs is 1. The number of anilines is 2. The quantitative estimate of drug-likeness (QED) is 0.439. The Bertz CT molecular complexity index is 1190. The molecule has 1 unspecified atom stereocenters. The van der Waals surface area contributed by atoms with Gasteiger partial charge in [-0.3, -0.25) is 9.59 Å². The number of aryl methyl sites for hydroxylation is 2. The van der Waals surface area contributed by atoms with Crippen LogP contribution < -0.4 is 10.6 Å². The molecule has 2 N–H and O–H groups in total. The van der Waals surface area contributed by atoms with Crippen LogP contribution in [-0.4, -0.2) is 11.8 Å². The van der Waals surface area contributed by atoms with Crippen LogP contribution in [0.3, 0.4) is 0 Å². The van der Waals surface area contributed by atoms with E-state index in [1.807, 2.05) is 56.3 Å². The summed E-state index contributed by atoms with van der Waals surface area (Å²) in [5.41, 5.74) is 5.42. The molecule has 33 heavy (non-hydrogen) atoms. The van der Waals surface area contributed by atoms with E-state index in [1.54, 1.807) is 17.4 Å².